The lowest BCUT2D eigenvalue weighted by Gasteiger charge is -2.06. The first-order chi connectivity index (χ1) is 11.1. The minimum atomic E-state index is -0.0584. The number of amides is 1. The van der Waals surface area contributed by atoms with Crippen LogP contribution in [0.15, 0.2) is 47.3 Å². The SMILES string of the molecule is CCc1ccc(CC(=O)Nc2ccc3c(c2)sc(=O)n3C)cc1. The molecule has 1 N–H and O–H groups in total. The van der Waals surface area contributed by atoms with Crippen molar-refractivity contribution in [2.75, 3.05) is 5.32 Å². The van der Waals surface area contributed by atoms with Crippen LogP contribution in [0.1, 0.15) is 18.1 Å². The zero-order valence-electron chi connectivity index (χ0n) is 13.1. The number of aryl methyl sites for hydroxylation is 2. The van der Waals surface area contributed by atoms with Crippen LogP contribution in [0.25, 0.3) is 10.2 Å². The highest BCUT2D eigenvalue weighted by atomic mass is 32.1. The number of fused-ring (bicyclic) bond motifs is 1. The monoisotopic (exact) mass is 326 g/mol. The van der Waals surface area contributed by atoms with Gasteiger partial charge in [-0.3, -0.25) is 9.59 Å². The summed E-state index contributed by atoms with van der Waals surface area (Å²) in [7, 11) is 1.75. The molecule has 0 spiro atoms. The maximum absolute atomic E-state index is 12.2. The second-order valence-corrected chi connectivity index (χ2v) is 6.50. The summed E-state index contributed by atoms with van der Waals surface area (Å²) < 4.78 is 2.49. The molecule has 23 heavy (non-hydrogen) atoms. The number of hydrogen-bond donors (Lipinski definition) is 1. The molecule has 0 radical (unpaired) electrons. The van der Waals surface area contributed by atoms with Gasteiger partial charge in [-0.15, -0.1) is 0 Å². The van der Waals surface area contributed by atoms with Crippen molar-refractivity contribution in [2.24, 2.45) is 7.05 Å². The molecule has 2 aromatic carbocycles. The number of carbonyl (C=O) groups is 1. The van der Waals surface area contributed by atoms with E-state index in [1.807, 2.05) is 30.3 Å². The van der Waals surface area contributed by atoms with E-state index in [9.17, 15) is 9.59 Å². The number of nitrogens with one attached hydrogen (secondary N) is 1. The molecule has 0 fully saturated rings. The first kappa shape index (κ1) is 15.5. The van der Waals surface area contributed by atoms with Crippen LogP contribution in [0.2, 0.25) is 0 Å². The molecule has 0 aliphatic rings. The number of thiazole rings is 1. The fourth-order valence-electron chi connectivity index (χ4n) is 2.49. The first-order valence-corrected chi connectivity index (χ1v) is 8.35. The molecule has 118 valence electrons. The molecular weight excluding hydrogens is 308 g/mol. The van der Waals surface area contributed by atoms with Crippen LogP contribution in [0, 0.1) is 0 Å². The Kier molecular flexibility index (Phi) is 4.30. The van der Waals surface area contributed by atoms with Crippen LogP contribution in [0.3, 0.4) is 0 Å². The highest BCUT2D eigenvalue weighted by Gasteiger charge is 2.08. The molecule has 0 aliphatic heterocycles. The van der Waals surface area contributed by atoms with Crippen molar-refractivity contribution in [3.8, 4) is 0 Å². The molecule has 5 heteroatoms. The topological polar surface area (TPSA) is 51.1 Å². The smallest absolute Gasteiger partial charge is 0.307 e. The van der Waals surface area contributed by atoms with Gasteiger partial charge in [0.1, 0.15) is 0 Å². The molecule has 3 aromatic rings. The second-order valence-electron chi connectivity index (χ2n) is 5.50. The third-order valence-electron chi connectivity index (χ3n) is 3.87. The predicted octanol–water partition coefficient (Wildman–Crippen LogP) is 3.34. The Morgan fingerprint density at radius 3 is 2.52 bits per heavy atom. The average Bonchev–Trinajstić information content (AvgIpc) is 2.82. The van der Waals surface area contributed by atoms with Crippen LogP contribution >= 0.6 is 11.3 Å². The molecule has 0 bridgehead atoms. The van der Waals surface area contributed by atoms with E-state index in [4.69, 9.17) is 0 Å². The molecule has 1 amide bonds. The number of rotatable bonds is 4. The molecule has 0 saturated carbocycles. The number of aromatic nitrogens is 1. The van der Waals surface area contributed by atoms with E-state index < -0.39 is 0 Å². The summed E-state index contributed by atoms with van der Waals surface area (Å²) in [5.74, 6) is -0.0584. The Hall–Kier alpha value is -2.40. The third kappa shape index (κ3) is 3.35. The second kappa shape index (κ2) is 6.38. The van der Waals surface area contributed by atoms with Gasteiger partial charge in [-0.1, -0.05) is 42.5 Å². The average molecular weight is 326 g/mol. The van der Waals surface area contributed by atoms with Gasteiger partial charge in [-0.05, 0) is 35.7 Å². The van der Waals surface area contributed by atoms with Gasteiger partial charge in [0.15, 0.2) is 0 Å². The highest BCUT2D eigenvalue weighted by Crippen LogP contribution is 2.21. The molecule has 4 nitrogen and oxygen atoms in total. The largest absolute Gasteiger partial charge is 0.326 e. The Labute approximate surface area is 138 Å². The fraction of sp³-hybridized carbons (Fsp3) is 0.222. The predicted molar refractivity (Wildman–Crippen MR) is 95.2 cm³/mol. The van der Waals surface area contributed by atoms with Crippen molar-refractivity contribution in [1.82, 2.24) is 4.57 Å². The van der Waals surface area contributed by atoms with Crippen molar-refractivity contribution in [1.29, 1.82) is 0 Å². The fourth-order valence-corrected chi connectivity index (χ4v) is 3.41. The van der Waals surface area contributed by atoms with Gasteiger partial charge >= 0.3 is 4.87 Å². The molecule has 0 aliphatic carbocycles. The van der Waals surface area contributed by atoms with Crippen molar-refractivity contribution in [3.05, 3.63) is 63.3 Å². The van der Waals surface area contributed by atoms with Gasteiger partial charge in [0.25, 0.3) is 0 Å². The van der Waals surface area contributed by atoms with Gasteiger partial charge < -0.3 is 9.88 Å². The van der Waals surface area contributed by atoms with Gasteiger partial charge in [0.2, 0.25) is 5.91 Å². The van der Waals surface area contributed by atoms with Crippen LogP contribution in [-0.2, 0) is 24.7 Å². The maximum atomic E-state index is 12.2. The quantitative estimate of drug-likeness (QED) is 0.799. The molecule has 0 saturated heterocycles. The molecular formula is C18H18N2O2S. The summed E-state index contributed by atoms with van der Waals surface area (Å²) >= 11 is 1.18. The molecule has 0 unspecified atom stereocenters. The Morgan fingerprint density at radius 1 is 1.13 bits per heavy atom. The van der Waals surface area contributed by atoms with E-state index in [0.717, 1.165) is 27.9 Å². The number of benzene rings is 2. The lowest BCUT2D eigenvalue weighted by molar-refractivity contribution is -0.115. The number of hydrogen-bond acceptors (Lipinski definition) is 3. The standard InChI is InChI=1S/C18H18N2O2S/c1-3-12-4-6-13(7-5-12)10-17(21)19-14-8-9-15-16(11-14)23-18(22)20(15)2/h4-9,11H,3,10H2,1-2H3,(H,19,21). The Morgan fingerprint density at radius 2 is 1.83 bits per heavy atom. The maximum Gasteiger partial charge on any atom is 0.307 e. The summed E-state index contributed by atoms with van der Waals surface area (Å²) in [4.78, 5) is 23.8. The van der Waals surface area contributed by atoms with Crippen molar-refractivity contribution in [3.63, 3.8) is 0 Å². The van der Waals surface area contributed by atoms with E-state index in [1.54, 1.807) is 11.6 Å². The number of anilines is 1. The Bertz CT molecular complexity index is 907. The zero-order chi connectivity index (χ0) is 16.4. The lowest BCUT2D eigenvalue weighted by atomic mass is 10.1. The van der Waals surface area contributed by atoms with Crippen molar-refractivity contribution in [2.45, 2.75) is 19.8 Å². The minimum Gasteiger partial charge on any atom is -0.326 e. The third-order valence-corrected chi connectivity index (χ3v) is 4.87. The summed E-state index contributed by atoms with van der Waals surface area (Å²) in [5, 5.41) is 2.90. The number of nitrogens with zero attached hydrogens (tertiary/aromatic N) is 1. The molecule has 3 rings (SSSR count). The molecule has 1 aromatic heterocycles. The lowest BCUT2D eigenvalue weighted by Crippen LogP contribution is -2.14. The Balaban J connectivity index is 1.73. The van der Waals surface area contributed by atoms with Crippen LogP contribution in [0.5, 0.6) is 0 Å². The van der Waals surface area contributed by atoms with E-state index in [0.29, 0.717) is 6.42 Å². The zero-order valence-corrected chi connectivity index (χ0v) is 13.9. The van der Waals surface area contributed by atoms with Gasteiger partial charge in [0, 0.05) is 12.7 Å². The van der Waals surface area contributed by atoms with Crippen LogP contribution in [-0.4, -0.2) is 10.5 Å². The van der Waals surface area contributed by atoms with E-state index in [2.05, 4.69) is 24.4 Å². The summed E-state index contributed by atoms with van der Waals surface area (Å²) in [6.07, 6.45) is 1.33. The minimum absolute atomic E-state index is 0.000472. The van der Waals surface area contributed by atoms with Crippen LogP contribution in [0.4, 0.5) is 5.69 Å². The van der Waals surface area contributed by atoms with Gasteiger partial charge in [-0.25, -0.2) is 0 Å². The van der Waals surface area contributed by atoms with E-state index >= 15 is 0 Å². The summed E-state index contributed by atoms with van der Waals surface area (Å²) in [6, 6.07) is 13.6. The van der Waals surface area contributed by atoms with E-state index in [-0.39, 0.29) is 10.8 Å². The van der Waals surface area contributed by atoms with Crippen LogP contribution < -0.4 is 10.2 Å². The van der Waals surface area contributed by atoms with Gasteiger partial charge in [-0.2, -0.15) is 0 Å². The highest BCUT2D eigenvalue weighted by molar-refractivity contribution is 7.16. The van der Waals surface area contributed by atoms with Crippen molar-refractivity contribution >= 4 is 33.1 Å². The first-order valence-electron chi connectivity index (χ1n) is 7.54. The van der Waals surface area contributed by atoms with Gasteiger partial charge in [0.05, 0.1) is 16.6 Å². The van der Waals surface area contributed by atoms with E-state index in [1.165, 1.54) is 16.9 Å². The normalized spacial score (nSPS) is 10.9. The summed E-state index contributed by atoms with van der Waals surface area (Å²) in [6.45, 7) is 2.11. The molecule has 0 atom stereocenters. The molecule has 1 heterocycles. The van der Waals surface area contributed by atoms with Crippen molar-refractivity contribution < 1.29 is 4.79 Å². The number of carbonyl (C=O) groups excluding carboxylic acids is 1. The summed E-state index contributed by atoms with van der Waals surface area (Å²) in [5.41, 5.74) is 3.85.